The van der Waals surface area contributed by atoms with Gasteiger partial charge in [-0.15, -0.1) is 11.3 Å². The molecule has 1 atom stereocenters. The first-order valence-corrected chi connectivity index (χ1v) is 7.84. The summed E-state index contributed by atoms with van der Waals surface area (Å²) >= 11 is 7.01. The molecule has 0 amide bonds. The van der Waals surface area contributed by atoms with E-state index in [2.05, 4.69) is 39.6 Å². The van der Waals surface area contributed by atoms with E-state index >= 15 is 0 Å². The molecule has 0 aliphatic rings. The Kier molecular flexibility index (Phi) is 6.92. The summed E-state index contributed by atoms with van der Waals surface area (Å²) in [6.07, 6.45) is 2.92. The summed E-state index contributed by atoms with van der Waals surface area (Å²) < 4.78 is 1.17. The summed E-state index contributed by atoms with van der Waals surface area (Å²) in [6.45, 7) is 1.15. The highest BCUT2D eigenvalue weighted by Gasteiger charge is 2.07. The molecular formula is C10H16BrNOS2. The van der Waals surface area contributed by atoms with Crippen LogP contribution in [-0.4, -0.2) is 29.8 Å². The highest BCUT2D eigenvalue weighted by atomic mass is 79.9. The third kappa shape index (κ3) is 5.36. The van der Waals surface area contributed by atoms with Crippen LogP contribution in [0.15, 0.2) is 15.9 Å². The first-order chi connectivity index (χ1) is 7.26. The predicted octanol–water partition coefficient (Wildman–Crippen LogP) is 2.71. The zero-order chi connectivity index (χ0) is 11.1. The molecule has 1 heterocycles. The van der Waals surface area contributed by atoms with Crippen LogP contribution in [0.4, 0.5) is 0 Å². The van der Waals surface area contributed by atoms with E-state index in [4.69, 9.17) is 5.11 Å². The van der Waals surface area contributed by atoms with Crippen molar-refractivity contribution in [3.05, 3.63) is 20.8 Å². The molecule has 2 nitrogen and oxygen atoms in total. The van der Waals surface area contributed by atoms with E-state index in [1.807, 2.05) is 11.8 Å². The second kappa shape index (κ2) is 7.68. The van der Waals surface area contributed by atoms with Gasteiger partial charge in [0.2, 0.25) is 0 Å². The van der Waals surface area contributed by atoms with Crippen molar-refractivity contribution in [3.63, 3.8) is 0 Å². The molecular weight excluding hydrogens is 294 g/mol. The van der Waals surface area contributed by atoms with Crippen molar-refractivity contribution in [2.24, 2.45) is 0 Å². The summed E-state index contributed by atoms with van der Waals surface area (Å²) in [4.78, 5) is 1.32. The average molecular weight is 310 g/mol. The third-order valence-corrected chi connectivity index (χ3v) is 4.40. The van der Waals surface area contributed by atoms with Gasteiger partial charge in [0, 0.05) is 29.8 Å². The number of thioether (sulfide) groups is 1. The molecule has 0 saturated carbocycles. The summed E-state index contributed by atoms with van der Waals surface area (Å²) in [5.74, 6) is 1.05. The predicted molar refractivity (Wildman–Crippen MR) is 72.7 cm³/mol. The largest absolute Gasteiger partial charge is 0.396 e. The zero-order valence-electron chi connectivity index (χ0n) is 8.70. The maximum absolute atomic E-state index is 8.91. The van der Waals surface area contributed by atoms with Crippen molar-refractivity contribution < 1.29 is 5.11 Å². The molecule has 15 heavy (non-hydrogen) atoms. The second-order valence-electron chi connectivity index (χ2n) is 3.25. The molecule has 86 valence electrons. The van der Waals surface area contributed by atoms with Gasteiger partial charge in [-0.3, -0.25) is 0 Å². The number of hydrogen-bond donors (Lipinski definition) is 2. The Hall–Kier alpha value is 0.450. The fourth-order valence-corrected chi connectivity index (χ4v) is 3.41. The van der Waals surface area contributed by atoms with E-state index in [0.29, 0.717) is 6.04 Å². The van der Waals surface area contributed by atoms with Crippen molar-refractivity contribution in [2.75, 3.05) is 18.6 Å². The molecule has 0 aromatic carbocycles. The number of aliphatic hydroxyl groups excluding tert-OH is 1. The Labute approximate surface area is 108 Å². The van der Waals surface area contributed by atoms with Gasteiger partial charge >= 0.3 is 0 Å². The second-order valence-corrected chi connectivity index (χ2v) is 6.71. The topological polar surface area (TPSA) is 32.3 Å². The lowest BCUT2D eigenvalue weighted by molar-refractivity contribution is 0.270. The minimum atomic E-state index is 0.256. The summed E-state index contributed by atoms with van der Waals surface area (Å²) in [7, 11) is 0. The van der Waals surface area contributed by atoms with E-state index in [9.17, 15) is 0 Å². The van der Waals surface area contributed by atoms with Crippen LogP contribution >= 0.6 is 39.0 Å². The van der Waals surface area contributed by atoms with Crippen LogP contribution in [0.25, 0.3) is 0 Å². The smallest absolute Gasteiger partial charge is 0.0701 e. The van der Waals surface area contributed by atoms with Gasteiger partial charge < -0.3 is 10.4 Å². The van der Waals surface area contributed by atoms with Gasteiger partial charge in [-0.2, -0.15) is 11.8 Å². The normalized spacial score (nSPS) is 13.0. The lowest BCUT2D eigenvalue weighted by Crippen LogP contribution is -2.31. The van der Waals surface area contributed by atoms with Gasteiger partial charge in [-0.1, -0.05) is 0 Å². The number of hydrogen-bond acceptors (Lipinski definition) is 4. The Balaban J connectivity index is 2.32. The van der Waals surface area contributed by atoms with E-state index < -0.39 is 0 Å². The van der Waals surface area contributed by atoms with Crippen molar-refractivity contribution >= 4 is 39.0 Å². The minimum Gasteiger partial charge on any atom is -0.396 e. The molecule has 1 aromatic rings. The molecule has 0 bridgehead atoms. The van der Waals surface area contributed by atoms with E-state index in [-0.39, 0.29) is 6.61 Å². The highest BCUT2D eigenvalue weighted by Crippen LogP contribution is 2.21. The Morgan fingerprint density at radius 2 is 2.40 bits per heavy atom. The van der Waals surface area contributed by atoms with Gasteiger partial charge in [0.1, 0.15) is 0 Å². The lowest BCUT2D eigenvalue weighted by Gasteiger charge is -2.15. The number of halogens is 1. The number of nitrogens with one attached hydrogen (secondary N) is 1. The Morgan fingerprint density at radius 3 is 2.93 bits per heavy atom. The fourth-order valence-electron chi connectivity index (χ4n) is 1.29. The van der Waals surface area contributed by atoms with Crippen LogP contribution in [0.5, 0.6) is 0 Å². The molecule has 0 aliphatic carbocycles. The van der Waals surface area contributed by atoms with Crippen molar-refractivity contribution in [2.45, 2.75) is 19.0 Å². The average Bonchev–Trinajstić information content (AvgIpc) is 2.61. The van der Waals surface area contributed by atoms with Crippen LogP contribution in [-0.2, 0) is 6.54 Å². The van der Waals surface area contributed by atoms with Gasteiger partial charge in [-0.05, 0) is 40.7 Å². The van der Waals surface area contributed by atoms with E-state index in [0.717, 1.165) is 18.7 Å². The van der Waals surface area contributed by atoms with Crippen molar-refractivity contribution in [1.29, 1.82) is 0 Å². The Morgan fingerprint density at radius 1 is 1.60 bits per heavy atom. The molecule has 0 fully saturated rings. The molecule has 5 heteroatoms. The summed E-state index contributed by atoms with van der Waals surface area (Å²) in [6, 6.07) is 4.60. The molecule has 0 spiro atoms. The van der Waals surface area contributed by atoms with Gasteiger partial charge in [0.05, 0.1) is 3.79 Å². The fraction of sp³-hybridized carbons (Fsp3) is 0.600. The number of rotatable bonds is 7. The van der Waals surface area contributed by atoms with Crippen LogP contribution in [0.1, 0.15) is 11.3 Å². The SMILES string of the molecule is CSCC(CCO)NCc1ccc(Br)s1. The molecule has 2 N–H and O–H groups in total. The maximum atomic E-state index is 8.91. The molecule has 1 unspecified atom stereocenters. The first kappa shape index (κ1) is 13.5. The molecule has 0 aliphatic heterocycles. The highest BCUT2D eigenvalue weighted by molar-refractivity contribution is 9.11. The van der Waals surface area contributed by atoms with Gasteiger partial charge in [0.25, 0.3) is 0 Å². The monoisotopic (exact) mass is 309 g/mol. The minimum absolute atomic E-state index is 0.256. The molecule has 1 aromatic heterocycles. The Bertz CT molecular complexity index is 274. The maximum Gasteiger partial charge on any atom is 0.0701 e. The van der Waals surface area contributed by atoms with Crippen molar-refractivity contribution in [1.82, 2.24) is 5.32 Å². The van der Waals surface area contributed by atoms with Gasteiger partial charge in [0.15, 0.2) is 0 Å². The van der Waals surface area contributed by atoms with E-state index in [1.54, 1.807) is 11.3 Å². The van der Waals surface area contributed by atoms with E-state index in [1.165, 1.54) is 8.66 Å². The number of aliphatic hydroxyl groups is 1. The molecule has 0 radical (unpaired) electrons. The van der Waals surface area contributed by atoms with Crippen LogP contribution in [0.2, 0.25) is 0 Å². The summed E-state index contributed by atoms with van der Waals surface area (Å²) in [5, 5.41) is 12.4. The first-order valence-electron chi connectivity index (χ1n) is 4.83. The summed E-state index contributed by atoms with van der Waals surface area (Å²) in [5.41, 5.74) is 0. The van der Waals surface area contributed by atoms with Crippen LogP contribution < -0.4 is 5.32 Å². The van der Waals surface area contributed by atoms with Crippen molar-refractivity contribution in [3.8, 4) is 0 Å². The molecule has 1 rings (SSSR count). The van der Waals surface area contributed by atoms with Gasteiger partial charge in [-0.25, -0.2) is 0 Å². The standard InChI is InChI=1S/C10H16BrNOS2/c1-14-7-8(4-5-13)12-6-9-2-3-10(11)15-9/h2-3,8,12-13H,4-7H2,1H3. The quantitative estimate of drug-likeness (QED) is 0.812. The number of thiophene rings is 1. The zero-order valence-corrected chi connectivity index (χ0v) is 11.9. The third-order valence-electron chi connectivity index (χ3n) is 2.04. The van der Waals surface area contributed by atoms with Crippen LogP contribution in [0, 0.1) is 0 Å². The lowest BCUT2D eigenvalue weighted by atomic mass is 10.2. The van der Waals surface area contributed by atoms with Crippen LogP contribution in [0.3, 0.4) is 0 Å². The molecule has 0 saturated heterocycles.